The Kier molecular flexibility index (Phi) is 3.87. The molecule has 2 aromatic heterocycles. The van der Waals surface area contributed by atoms with Gasteiger partial charge in [-0.1, -0.05) is 11.2 Å². The monoisotopic (exact) mass is 259 g/mol. The molecule has 0 saturated heterocycles. The van der Waals surface area contributed by atoms with Crippen molar-refractivity contribution >= 4 is 17.5 Å². The Morgan fingerprint density at radius 1 is 1.42 bits per heavy atom. The molecule has 2 heterocycles. The van der Waals surface area contributed by atoms with Gasteiger partial charge in [0.25, 0.3) is 5.91 Å². The summed E-state index contributed by atoms with van der Waals surface area (Å²) >= 11 is 0. The van der Waals surface area contributed by atoms with E-state index in [1.165, 1.54) is 12.4 Å². The normalized spacial score (nSPS) is 9.95. The van der Waals surface area contributed by atoms with Gasteiger partial charge >= 0.3 is 0 Å². The number of nitrogens with one attached hydrogen (secondary N) is 2. The quantitative estimate of drug-likeness (QED) is 0.792. The van der Waals surface area contributed by atoms with Crippen LogP contribution >= 0.6 is 0 Å². The highest BCUT2D eigenvalue weighted by Crippen LogP contribution is 2.09. The largest absolute Gasteiger partial charge is 0.365 e. The molecule has 0 aliphatic rings. The number of carbonyl (C=O) groups is 1. The van der Waals surface area contributed by atoms with Gasteiger partial charge in [0.2, 0.25) is 0 Å². The van der Waals surface area contributed by atoms with Crippen LogP contribution in [0.15, 0.2) is 35.6 Å². The zero-order chi connectivity index (χ0) is 13.7. The topological polar surface area (TPSA) is 92.9 Å². The summed E-state index contributed by atoms with van der Waals surface area (Å²) in [5.41, 5.74) is 0.199. The minimum Gasteiger partial charge on any atom is -0.365 e. The van der Waals surface area contributed by atoms with Crippen molar-refractivity contribution in [1.29, 1.82) is 0 Å². The van der Waals surface area contributed by atoms with Crippen molar-refractivity contribution in [3.63, 3.8) is 0 Å². The van der Waals surface area contributed by atoms with Crippen LogP contribution in [0.3, 0.4) is 0 Å². The summed E-state index contributed by atoms with van der Waals surface area (Å²) in [6, 6.07) is 1.62. The zero-order valence-electron chi connectivity index (χ0n) is 10.4. The molecular weight excluding hydrogens is 246 g/mol. The Bertz CT molecular complexity index is 576. The molecule has 0 spiro atoms. The lowest BCUT2D eigenvalue weighted by molar-refractivity contribution is 0.102. The smallest absolute Gasteiger partial charge is 0.277 e. The zero-order valence-corrected chi connectivity index (χ0v) is 10.4. The number of hydrogen-bond acceptors (Lipinski definition) is 6. The van der Waals surface area contributed by atoms with E-state index in [1.807, 2.05) is 0 Å². The van der Waals surface area contributed by atoms with Gasteiger partial charge in [-0.15, -0.1) is 6.58 Å². The van der Waals surface area contributed by atoms with Gasteiger partial charge in [0, 0.05) is 12.6 Å². The van der Waals surface area contributed by atoms with Crippen molar-refractivity contribution in [2.45, 2.75) is 6.92 Å². The van der Waals surface area contributed by atoms with E-state index in [-0.39, 0.29) is 5.69 Å². The number of anilines is 2. The van der Waals surface area contributed by atoms with Crippen LogP contribution in [0.25, 0.3) is 0 Å². The molecule has 0 radical (unpaired) electrons. The fraction of sp³-hybridized carbons (Fsp3) is 0.167. The molecule has 98 valence electrons. The van der Waals surface area contributed by atoms with Crippen LogP contribution in [0.2, 0.25) is 0 Å². The molecule has 0 aliphatic heterocycles. The SMILES string of the molecule is C=CCNc1cnc(C(=O)Nc2cc(C)on2)cn1. The van der Waals surface area contributed by atoms with Crippen LogP contribution in [0, 0.1) is 6.92 Å². The van der Waals surface area contributed by atoms with Crippen molar-refractivity contribution in [3.8, 4) is 0 Å². The number of rotatable bonds is 5. The van der Waals surface area contributed by atoms with E-state index >= 15 is 0 Å². The van der Waals surface area contributed by atoms with Crippen LogP contribution in [0.4, 0.5) is 11.6 Å². The second kappa shape index (κ2) is 5.76. The molecule has 0 saturated carbocycles. The van der Waals surface area contributed by atoms with E-state index < -0.39 is 5.91 Å². The predicted octanol–water partition coefficient (Wildman–Crippen LogP) is 1.62. The average Bonchev–Trinajstić information content (AvgIpc) is 2.82. The maximum absolute atomic E-state index is 11.8. The summed E-state index contributed by atoms with van der Waals surface area (Å²) in [5.74, 6) is 1.15. The summed E-state index contributed by atoms with van der Waals surface area (Å²) in [6.45, 7) is 5.90. The molecule has 0 bridgehead atoms. The number of nitrogens with zero attached hydrogens (tertiary/aromatic N) is 3. The standard InChI is InChI=1S/C12H13N5O2/c1-3-4-13-11-7-14-9(6-15-11)12(18)16-10-5-8(2)19-17-10/h3,5-7H,1,4H2,2H3,(H,13,15)(H,16,17,18). The lowest BCUT2D eigenvalue weighted by Gasteiger charge is -2.03. The lowest BCUT2D eigenvalue weighted by Crippen LogP contribution is -2.14. The maximum Gasteiger partial charge on any atom is 0.277 e. The summed E-state index contributed by atoms with van der Waals surface area (Å²) < 4.78 is 4.84. The van der Waals surface area contributed by atoms with E-state index in [0.717, 1.165) is 0 Å². The first-order chi connectivity index (χ1) is 9.19. The molecule has 2 N–H and O–H groups in total. The average molecular weight is 259 g/mol. The summed E-state index contributed by atoms with van der Waals surface area (Å²) in [4.78, 5) is 19.9. The van der Waals surface area contributed by atoms with Gasteiger partial charge in [-0.3, -0.25) is 4.79 Å². The van der Waals surface area contributed by atoms with E-state index in [0.29, 0.717) is 23.9 Å². The highest BCUT2D eigenvalue weighted by atomic mass is 16.5. The van der Waals surface area contributed by atoms with Gasteiger partial charge in [-0.05, 0) is 6.92 Å². The Labute approximate surface area is 109 Å². The van der Waals surface area contributed by atoms with Gasteiger partial charge in [0.1, 0.15) is 17.3 Å². The fourth-order valence-corrected chi connectivity index (χ4v) is 1.32. The first kappa shape index (κ1) is 12.7. The molecule has 2 aromatic rings. The van der Waals surface area contributed by atoms with Crippen molar-refractivity contribution < 1.29 is 9.32 Å². The van der Waals surface area contributed by atoms with Crippen LogP contribution in [-0.4, -0.2) is 27.6 Å². The first-order valence-corrected chi connectivity index (χ1v) is 5.60. The number of carbonyl (C=O) groups excluding carboxylic acids is 1. The van der Waals surface area contributed by atoms with E-state index in [9.17, 15) is 4.79 Å². The minimum atomic E-state index is -0.393. The second-order valence-electron chi connectivity index (χ2n) is 3.73. The Morgan fingerprint density at radius 2 is 2.26 bits per heavy atom. The molecule has 0 fully saturated rings. The molecule has 7 heteroatoms. The summed E-state index contributed by atoms with van der Waals surface area (Å²) in [6.07, 6.45) is 4.56. The van der Waals surface area contributed by atoms with Crippen LogP contribution in [0.5, 0.6) is 0 Å². The van der Waals surface area contributed by atoms with Crippen molar-refractivity contribution in [2.75, 3.05) is 17.2 Å². The predicted molar refractivity (Wildman–Crippen MR) is 69.9 cm³/mol. The first-order valence-electron chi connectivity index (χ1n) is 5.60. The molecule has 0 unspecified atom stereocenters. The maximum atomic E-state index is 11.8. The Hall–Kier alpha value is -2.70. The number of aromatic nitrogens is 3. The molecule has 1 amide bonds. The minimum absolute atomic E-state index is 0.199. The molecule has 0 atom stereocenters. The summed E-state index contributed by atoms with van der Waals surface area (Å²) in [7, 11) is 0. The third kappa shape index (κ3) is 3.38. The lowest BCUT2D eigenvalue weighted by atomic mass is 10.4. The molecule has 2 rings (SSSR count). The summed E-state index contributed by atoms with van der Waals surface area (Å²) in [5, 5.41) is 9.18. The molecule has 19 heavy (non-hydrogen) atoms. The Morgan fingerprint density at radius 3 is 2.84 bits per heavy atom. The number of hydrogen-bond donors (Lipinski definition) is 2. The van der Waals surface area contributed by atoms with Gasteiger partial charge in [0.15, 0.2) is 5.82 Å². The van der Waals surface area contributed by atoms with E-state index in [4.69, 9.17) is 4.52 Å². The van der Waals surface area contributed by atoms with Crippen LogP contribution < -0.4 is 10.6 Å². The fourth-order valence-electron chi connectivity index (χ4n) is 1.32. The second-order valence-corrected chi connectivity index (χ2v) is 3.73. The molecule has 7 nitrogen and oxygen atoms in total. The van der Waals surface area contributed by atoms with E-state index in [2.05, 4.69) is 32.3 Å². The van der Waals surface area contributed by atoms with Crippen LogP contribution in [-0.2, 0) is 0 Å². The highest BCUT2D eigenvalue weighted by molar-refractivity contribution is 6.02. The van der Waals surface area contributed by atoms with Gasteiger partial charge in [-0.2, -0.15) is 0 Å². The molecule has 0 aliphatic carbocycles. The van der Waals surface area contributed by atoms with Gasteiger partial charge in [0.05, 0.1) is 12.4 Å². The number of aryl methyl sites for hydroxylation is 1. The van der Waals surface area contributed by atoms with Crippen molar-refractivity contribution in [1.82, 2.24) is 15.1 Å². The van der Waals surface area contributed by atoms with Crippen molar-refractivity contribution in [2.24, 2.45) is 0 Å². The third-order valence-corrected chi connectivity index (χ3v) is 2.18. The van der Waals surface area contributed by atoms with Crippen LogP contribution in [0.1, 0.15) is 16.2 Å². The van der Waals surface area contributed by atoms with E-state index in [1.54, 1.807) is 19.1 Å². The van der Waals surface area contributed by atoms with Gasteiger partial charge < -0.3 is 15.2 Å². The molecular formula is C12H13N5O2. The highest BCUT2D eigenvalue weighted by Gasteiger charge is 2.10. The Balaban J connectivity index is 2.01. The molecule has 0 aromatic carbocycles. The number of amides is 1. The van der Waals surface area contributed by atoms with Crippen molar-refractivity contribution in [3.05, 3.63) is 42.6 Å². The third-order valence-electron chi connectivity index (χ3n) is 2.18. The van der Waals surface area contributed by atoms with Gasteiger partial charge in [-0.25, -0.2) is 9.97 Å².